The van der Waals surface area contributed by atoms with E-state index in [0.717, 1.165) is 13.0 Å². The smallest absolute Gasteiger partial charge is 0.342 e. The standard InChI is InChI=1S/C13H19N3O4/c1-9(6-7-15(2)3)14-10-4-5-11(13(17)18)12(8-10)16(19)20/h4-5,8-9,14H,6-7H2,1-3H3,(H,17,18). The molecule has 0 aliphatic heterocycles. The molecule has 1 rings (SSSR count). The fraction of sp³-hybridized carbons (Fsp3) is 0.462. The van der Waals surface area contributed by atoms with E-state index in [1.165, 1.54) is 12.1 Å². The van der Waals surface area contributed by atoms with Crippen molar-refractivity contribution in [3.05, 3.63) is 33.9 Å². The Morgan fingerprint density at radius 2 is 2.15 bits per heavy atom. The summed E-state index contributed by atoms with van der Waals surface area (Å²) < 4.78 is 0. The normalized spacial score (nSPS) is 12.2. The van der Waals surface area contributed by atoms with Crippen LogP contribution in [0.4, 0.5) is 11.4 Å². The average molecular weight is 281 g/mol. The number of nitrogens with zero attached hydrogens (tertiary/aromatic N) is 2. The minimum atomic E-state index is -1.30. The predicted octanol–water partition coefficient (Wildman–Crippen LogP) is 2.05. The molecule has 0 spiro atoms. The molecular formula is C13H19N3O4. The monoisotopic (exact) mass is 281 g/mol. The van der Waals surface area contributed by atoms with Crippen LogP contribution in [0.5, 0.6) is 0 Å². The fourth-order valence-electron chi connectivity index (χ4n) is 1.76. The van der Waals surface area contributed by atoms with Crippen molar-refractivity contribution in [3.63, 3.8) is 0 Å². The third kappa shape index (κ3) is 4.51. The Bertz CT molecular complexity index is 502. The van der Waals surface area contributed by atoms with Gasteiger partial charge in [0.25, 0.3) is 5.69 Å². The number of carboxylic acids is 1. The molecule has 7 nitrogen and oxygen atoms in total. The number of carbonyl (C=O) groups is 1. The van der Waals surface area contributed by atoms with Crippen LogP contribution in [0.3, 0.4) is 0 Å². The summed E-state index contributed by atoms with van der Waals surface area (Å²) in [6, 6.07) is 4.19. The minimum absolute atomic E-state index is 0.132. The first kappa shape index (κ1) is 15.9. The summed E-state index contributed by atoms with van der Waals surface area (Å²) in [5.74, 6) is -1.30. The van der Waals surface area contributed by atoms with Gasteiger partial charge in [-0.25, -0.2) is 4.79 Å². The topological polar surface area (TPSA) is 95.7 Å². The Labute approximate surface area is 117 Å². The maximum Gasteiger partial charge on any atom is 0.342 e. The van der Waals surface area contributed by atoms with E-state index in [0.29, 0.717) is 5.69 Å². The molecule has 2 N–H and O–H groups in total. The maximum absolute atomic E-state index is 10.9. The van der Waals surface area contributed by atoms with Crippen LogP contribution in [0.25, 0.3) is 0 Å². The highest BCUT2D eigenvalue weighted by Crippen LogP contribution is 2.24. The highest BCUT2D eigenvalue weighted by atomic mass is 16.6. The maximum atomic E-state index is 10.9. The number of anilines is 1. The van der Waals surface area contributed by atoms with Gasteiger partial charge >= 0.3 is 5.97 Å². The van der Waals surface area contributed by atoms with E-state index in [-0.39, 0.29) is 11.6 Å². The van der Waals surface area contributed by atoms with E-state index >= 15 is 0 Å². The molecule has 1 unspecified atom stereocenters. The van der Waals surface area contributed by atoms with Gasteiger partial charge < -0.3 is 15.3 Å². The fourth-order valence-corrected chi connectivity index (χ4v) is 1.76. The largest absolute Gasteiger partial charge is 0.477 e. The van der Waals surface area contributed by atoms with E-state index in [1.54, 1.807) is 6.07 Å². The van der Waals surface area contributed by atoms with Crippen molar-refractivity contribution in [2.45, 2.75) is 19.4 Å². The first-order valence-electron chi connectivity index (χ1n) is 6.24. The van der Waals surface area contributed by atoms with Crippen molar-refractivity contribution >= 4 is 17.3 Å². The van der Waals surface area contributed by atoms with Crippen molar-refractivity contribution in [2.24, 2.45) is 0 Å². The van der Waals surface area contributed by atoms with Crippen LogP contribution >= 0.6 is 0 Å². The highest BCUT2D eigenvalue weighted by Gasteiger charge is 2.20. The number of hydrogen-bond donors (Lipinski definition) is 2. The predicted molar refractivity (Wildman–Crippen MR) is 76.3 cm³/mol. The van der Waals surface area contributed by atoms with Crippen molar-refractivity contribution in [3.8, 4) is 0 Å². The lowest BCUT2D eigenvalue weighted by Gasteiger charge is -2.17. The third-order valence-corrected chi connectivity index (χ3v) is 2.85. The van der Waals surface area contributed by atoms with Gasteiger partial charge in [-0.2, -0.15) is 0 Å². The molecule has 7 heteroatoms. The van der Waals surface area contributed by atoms with Gasteiger partial charge in [-0.15, -0.1) is 0 Å². The molecule has 20 heavy (non-hydrogen) atoms. The van der Waals surface area contributed by atoms with E-state index < -0.39 is 16.6 Å². The van der Waals surface area contributed by atoms with Crippen LogP contribution in [0.2, 0.25) is 0 Å². The Balaban J connectivity index is 2.84. The van der Waals surface area contributed by atoms with Gasteiger partial charge in [-0.05, 0) is 46.1 Å². The molecule has 0 heterocycles. The van der Waals surface area contributed by atoms with Crippen LogP contribution < -0.4 is 5.32 Å². The van der Waals surface area contributed by atoms with Crippen molar-refractivity contribution in [1.82, 2.24) is 4.90 Å². The number of benzene rings is 1. The summed E-state index contributed by atoms with van der Waals surface area (Å²) in [6.45, 7) is 2.86. The molecule has 0 aromatic heterocycles. The van der Waals surface area contributed by atoms with E-state index in [9.17, 15) is 14.9 Å². The average Bonchev–Trinajstić information content (AvgIpc) is 2.35. The van der Waals surface area contributed by atoms with E-state index in [2.05, 4.69) is 5.32 Å². The third-order valence-electron chi connectivity index (χ3n) is 2.85. The number of aromatic carboxylic acids is 1. The second-order valence-corrected chi connectivity index (χ2v) is 4.93. The number of nitro benzene ring substituents is 1. The quantitative estimate of drug-likeness (QED) is 0.586. The molecule has 0 aliphatic carbocycles. The number of carboxylic acid groups (broad SMARTS) is 1. The van der Waals surface area contributed by atoms with Gasteiger partial charge in [0.05, 0.1) is 4.92 Å². The molecule has 0 saturated heterocycles. The zero-order valence-electron chi connectivity index (χ0n) is 11.8. The van der Waals surface area contributed by atoms with Gasteiger partial charge in [0.1, 0.15) is 5.56 Å². The molecule has 0 fully saturated rings. The molecule has 1 aromatic rings. The van der Waals surface area contributed by atoms with Crippen molar-refractivity contribution < 1.29 is 14.8 Å². The molecule has 0 bridgehead atoms. The van der Waals surface area contributed by atoms with E-state index in [1.807, 2.05) is 25.9 Å². The Morgan fingerprint density at radius 1 is 1.50 bits per heavy atom. The second-order valence-electron chi connectivity index (χ2n) is 4.93. The first-order chi connectivity index (χ1) is 9.31. The number of rotatable bonds is 7. The molecule has 0 amide bonds. The summed E-state index contributed by atoms with van der Waals surface area (Å²) in [6.07, 6.45) is 0.876. The van der Waals surface area contributed by atoms with Crippen LogP contribution in [-0.2, 0) is 0 Å². The second kappa shape index (κ2) is 6.85. The van der Waals surface area contributed by atoms with Crippen molar-refractivity contribution in [1.29, 1.82) is 0 Å². The van der Waals surface area contributed by atoms with Crippen LogP contribution in [0, 0.1) is 10.1 Å². The summed E-state index contributed by atoms with van der Waals surface area (Å²) in [5, 5.41) is 22.9. The summed E-state index contributed by atoms with van der Waals surface area (Å²) in [7, 11) is 3.94. The van der Waals surface area contributed by atoms with Crippen LogP contribution in [0.1, 0.15) is 23.7 Å². The number of hydrogen-bond acceptors (Lipinski definition) is 5. The molecule has 0 radical (unpaired) electrons. The molecule has 1 atom stereocenters. The minimum Gasteiger partial charge on any atom is -0.477 e. The molecular weight excluding hydrogens is 262 g/mol. The molecule has 110 valence electrons. The van der Waals surface area contributed by atoms with Gasteiger partial charge in [0.2, 0.25) is 0 Å². The first-order valence-corrected chi connectivity index (χ1v) is 6.24. The van der Waals surface area contributed by atoms with E-state index in [4.69, 9.17) is 5.11 Å². The lowest BCUT2D eigenvalue weighted by Crippen LogP contribution is -2.23. The Morgan fingerprint density at radius 3 is 2.65 bits per heavy atom. The SMILES string of the molecule is CC(CCN(C)C)Nc1ccc(C(=O)O)c([N+](=O)[O-])c1. The Kier molecular flexibility index (Phi) is 5.45. The summed E-state index contributed by atoms with van der Waals surface area (Å²) >= 11 is 0. The van der Waals surface area contributed by atoms with Gasteiger partial charge in [0, 0.05) is 17.8 Å². The van der Waals surface area contributed by atoms with Gasteiger partial charge in [-0.3, -0.25) is 10.1 Å². The molecule has 0 aliphatic rings. The lowest BCUT2D eigenvalue weighted by molar-refractivity contribution is -0.385. The number of nitrogens with one attached hydrogen (secondary N) is 1. The molecule has 1 aromatic carbocycles. The van der Waals surface area contributed by atoms with Crippen LogP contribution in [-0.4, -0.2) is 47.6 Å². The lowest BCUT2D eigenvalue weighted by atomic mass is 10.1. The van der Waals surface area contributed by atoms with Crippen LogP contribution in [0.15, 0.2) is 18.2 Å². The zero-order chi connectivity index (χ0) is 15.3. The van der Waals surface area contributed by atoms with Gasteiger partial charge in [0.15, 0.2) is 0 Å². The molecule has 0 saturated carbocycles. The van der Waals surface area contributed by atoms with Crippen molar-refractivity contribution in [2.75, 3.05) is 26.0 Å². The number of nitro groups is 1. The van der Waals surface area contributed by atoms with Gasteiger partial charge in [-0.1, -0.05) is 0 Å². The highest BCUT2D eigenvalue weighted by molar-refractivity contribution is 5.93. The zero-order valence-corrected chi connectivity index (χ0v) is 11.8. The summed E-state index contributed by atoms with van der Waals surface area (Å²) in [5.41, 5.74) is -0.156. The summed E-state index contributed by atoms with van der Waals surface area (Å²) in [4.78, 5) is 23.2. The Hall–Kier alpha value is -2.15.